The Labute approximate surface area is 91.8 Å². The second kappa shape index (κ2) is 5.18. The van der Waals surface area contributed by atoms with Crippen LogP contribution in [0.3, 0.4) is 0 Å². The number of nitrogens with one attached hydrogen (secondary N) is 1. The predicted octanol–water partition coefficient (Wildman–Crippen LogP) is 0.888. The standard InChI is InChI=1S/C12H20N2O/c1-4-5-10(13)12(15)14-11-7-6-8(2)9(11)3/h1,8-11H,5-7,13H2,2-3H3,(H,14,15). The number of nitrogens with two attached hydrogens (primary N) is 1. The Kier molecular flexibility index (Phi) is 4.16. The van der Waals surface area contributed by atoms with Crippen molar-refractivity contribution >= 4 is 5.91 Å². The SMILES string of the molecule is C#CCC(N)C(=O)NC1CCC(C)C1C. The van der Waals surface area contributed by atoms with Crippen molar-refractivity contribution in [2.45, 2.75) is 45.2 Å². The normalized spacial score (nSPS) is 32.0. The summed E-state index contributed by atoms with van der Waals surface area (Å²) in [5.41, 5.74) is 5.63. The largest absolute Gasteiger partial charge is 0.352 e. The summed E-state index contributed by atoms with van der Waals surface area (Å²) in [6.45, 7) is 4.40. The van der Waals surface area contributed by atoms with Gasteiger partial charge in [0.05, 0.1) is 6.04 Å². The van der Waals surface area contributed by atoms with E-state index in [0.717, 1.165) is 6.42 Å². The summed E-state index contributed by atoms with van der Waals surface area (Å²) in [7, 11) is 0. The van der Waals surface area contributed by atoms with Crippen LogP contribution in [0.5, 0.6) is 0 Å². The molecule has 1 fully saturated rings. The first kappa shape index (κ1) is 12.1. The molecule has 0 saturated heterocycles. The van der Waals surface area contributed by atoms with E-state index in [1.165, 1.54) is 6.42 Å². The number of hydrogen-bond donors (Lipinski definition) is 2. The van der Waals surface area contributed by atoms with Gasteiger partial charge in [0.2, 0.25) is 5.91 Å². The maximum Gasteiger partial charge on any atom is 0.238 e. The van der Waals surface area contributed by atoms with E-state index in [-0.39, 0.29) is 11.9 Å². The van der Waals surface area contributed by atoms with Gasteiger partial charge < -0.3 is 11.1 Å². The van der Waals surface area contributed by atoms with Crippen molar-refractivity contribution in [3.8, 4) is 12.3 Å². The number of hydrogen-bond acceptors (Lipinski definition) is 2. The van der Waals surface area contributed by atoms with Crippen LogP contribution in [0.4, 0.5) is 0 Å². The number of terminal acetylenes is 1. The van der Waals surface area contributed by atoms with Crippen molar-refractivity contribution in [3.05, 3.63) is 0 Å². The van der Waals surface area contributed by atoms with Crippen LogP contribution in [0.1, 0.15) is 33.1 Å². The van der Waals surface area contributed by atoms with Crippen LogP contribution in [-0.4, -0.2) is 18.0 Å². The van der Waals surface area contributed by atoms with E-state index in [4.69, 9.17) is 12.2 Å². The molecule has 0 spiro atoms. The number of carbonyl (C=O) groups excluding carboxylic acids is 1. The fraction of sp³-hybridized carbons (Fsp3) is 0.750. The summed E-state index contributed by atoms with van der Waals surface area (Å²) in [4.78, 5) is 11.6. The third kappa shape index (κ3) is 2.97. The van der Waals surface area contributed by atoms with E-state index in [1.807, 2.05) is 0 Å². The molecule has 1 aliphatic carbocycles. The molecule has 0 radical (unpaired) electrons. The molecule has 4 atom stereocenters. The molecule has 0 aromatic carbocycles. The topological polar surface area (TPSA) is 55.1 Å². The maximum absolute atomic E-state index is 11.6. The van der Waals surface area contributed by atoms with Crippen LogP contribution in [-0.2, 0) is 4.79 Å². The van der Waals surface area contributed by atoms with Crippen molar-refractivity contribution < 1.29 is 4.79 Å². The molecule has 84 valence electrons. The molecule has 1 saturated carbocycles. The fourth-order valence-electron chi connectivity index (χ4n) is 2.08. The van der Waals surface area contributed by atoms with Gasteiger partial charge in [-0.05, 0) is 24.7 Å². The van der Waals surface area contributed by atoms with Crippen molar-refractivity contribution in [1.29, 1.82) is 0 Å². The summed E-state index contributed by atoms with van der Waals surface area (Å²) >= 11 is 0. The quantitative estimate of drug-likeness (QED) is 0.677. The predicted molar refractivity (Wildman–Crippen MR) is 60.9 cm³/mol. The molecule has 0 aliphatic heterocycles. The first-order valence-electron chi connectivity index (χ1n) is 5.55. The highest BCUT2D eigenvalue weighted by molar-refractivity contribution is 5.82. The van der Waals surface area contributed by atoms with E-state index in [0.29, 0.717) is 18.3 Å². The summed E-state index contributed by atoms with van der Waals surface area (Å²) < 4.78 is 0. The first-order valence-corrected chi connectivity index (χ1v) is 5.55. The highest BCUT2D eigenvalue weighted by Crippen LogP contribution is 2.30. The minimum absolute atomic E-state index is 0.112. The first-order chi connectivity index (χ1) is 7.06. The minimum atomic E-state index is -0.557. The summed E-state index contributed by atoms with van der Waals surface area (Å²) in [6.07, 6.45) is 7.65. The van der Waals surface area contributed by atoms with Gasteiger partial charge in [0.15, 0.2) is 0 Å². The molecule has 1 aliphatic rings. The zero-order valence-corrected chi connectivity index (χ0v) is 9.49. The zero-order valence-electron chi connectivity index (χ0n) is 9.49. The van der Waals surface area contributed by atoms with E-state index in [1.54, 1.807) is 0 Å². The van der Waals surface area contributed by atoms with Crippen molar-refractivity contribution in [2.24, 2.45) is 17.6 Å². The lowest BCUT2D eigenvalue weighted by molar-refractivity contribution is -0.123. The van der Waals surface area contributed by atoms with Gasteiger partial charge >= 0.3 is 0 Å². The molecule has 4 unspecified atom stereocenters. The Morgan fingerprint density at radius 2 is 2.27 bits per heavy atom. The molecular weight excluding hydrogens is 188 g/mol. The number of carbonyl (C=O) groups is 1. The van der Waals surface area contributed by atoms with Gasteiger partial charge in [0.25, 0.3) is 0 Å². The van der Waals surface area contributed by atoms with Gasteiger partial charge in [-0.25, -0.2) is 0 Å². The molecule has 15 heavy (non-hydrogen) atoms. The fourth-order valence-corrected chi connectivity index (χ4v) is 2.08. The summed E-state index contributed by atoms with van der Waals surface area (Å²) in [6, 6.07) is -0.283. The molecular formula is C12H20N2O. The van der Waals surface area contributed by atoms with E-state index < -0.39 is 6.04 Å². The van der Waals surface area contributed by atoms with Crippen LogP contribution >= 0.6 is 0 Å². The van der Waals surface area contributed by atoms with Gasteiger partial charge in [-0.2, -0.15) is 0 Å². The molecule has 0 bridgehead atoms. The van der Waals surface area contributed by atoms with Gasteiger partial charge in [-0.15, -0.1) is 12.3 Å². The van der Waals surface area contributed by atoms with E-state index in [2.05, 4.69) is 25.1 Å². The molecule has 3 heteroatoms. The Morgan fingerprint density at radius 1 is 1.60 bits per heavy atom. The molecule has 1 rings (SSSR count). The summed E-state index contributed by atoms with van der Waals surface area (Å²) in [5.74, 6) is 3.51. The Hall–Kier alpha value is -1.01. The van der Waals surface area contributed by atoms with Gasteiger partial charge in [-0.3, -0.25) is 4.79 Å². The molecule has 1 amide bonds. The number of rotatable bonds is 3. The molecule has 0 aromatic rings. The number of amides is 1. The average Bonchev–Trinajstić information content (AvgIpc) is 2.50. The lowest BCUT2D eigenvalue weighted by Gasteiger charge is -2.21. The van der Waals surface area contributed by atoms with Gasteiger partial charge in [0.1, 0.15) is 0 Å². The third-order valence-corrected chi connectivity index (χ3v) is 3.47. The molecule has 0 heterocycles. The molecule has 3 N–H and O–H groups in total. The smallest absolute Gasteiger partial charge is 0.238 e. The van der Waals surface area contributed by atoms with Crippen molar-refractivity contribution in [2.75, 3.05) is 0 Å². The summed E-state index contributed by atoms with van der Waals surface area (Å²) in [5, 5.41) is 2.98. The highest BCUT2D eigenvalue weighted by atomic mass is 16.2. The minimum Gasteiger partial charge on any atom is -0.352 e. The monoisotopic (exact) mass is 208 g/mol. The van der Waals surface area contributed by atoms with Gasteiger partial charge in [0, 0.05) is 12.5 Å². The van der Waals surface area contributed by atoms with Crippen LogP contribution in [0.2, 0.25) is 0 Å². The molecule has 3 nitrogen and oxygen atoms in total. The molecule has 0 aromatic heterocycles. The van der Waals surface area contributed by atoms with Crippen LogP contribution < -0.4 is 11.1 Å². The second-order valence-electron chi connectivity index (χ2n) is 4.54. The van der Waals surface area contributed by atoms with Crippen molar-refractivity contribution in [3.63, 3.8) is 0 Å². The van der Waals surface area contributed by atoms with Crippen molar-refractivity contribution in [1.82, 2.24) is 5.32 Å². The van der Waals surface area contributed by atoms with Crippen LogP contribution in [0, 0.1) is 24.2 Å². The average molecular weight is 208 g/mol. The zero-order chi connectivity index (χ0) is 11.4. The second-order valence-corrected chi connectivity index (χ2v) is 4.54. The lowest BCUT2D eigenvalue weighted by atomic mass is 9.97. The Morgan fingerprint density at radius 3 is 2.73 bits per heavy atom. The Bertz CT molecular complexity index is 269. The Balaban J connectivity index is 2.42. The third-order valence-electron chi connectivity index (χ3n) is 3.47. The maximum atomic E-state index is 11.6. The highest BCUT2D eigenvalue weighted by Gasteiger charge is 2.31. The van der Waals surface area contributed by atoms with E-state index in [9.17, 15) is 4.79 Å². The van der Waals surface area contributed by atoms with Crippen LogP contribution in [0.15, 0.2) is 0 Å². The van der Waals surface area contributed by atoms with E-state index >= 15 is 0 Å². The van der Waals surface area contributed by atoms with Gasteiger partial charge in [-0.1, -0.05) is 13.8 Å². The lowest BCUT2D eigenvalue weighted by Crippen LogP contribution is -2.46. The van der Waals surface area contributed by atoms with Crippen LogP contribution in [0.25, 0.3) is 0 Å².